The van der Waals surface area contributed by atoms with Gasteiger partial charge in [0.15, 0.2) is 47.1 Å². The number of benzene rings is 2. The molecule has 2 aliphatic heterocycles. The zero-order valence-corrected chi connectivity index (χ0v) is 54.6. The number of aliphatic hydroxyl groups excluding tert-OH is 1. The van der Waals surface area contributed by atoms with Gasteiger partial charge in [0.2, 0.25) is 23.7 Å². The molecule has 4 aliphatic rings. The molecule has 2 aliphatic carbocycles. The third-order valence-electron chi connectivity index (χ3n) is 14.9. The lowest BCUT2D eigenvalue weighted by Gasteiger charge is -2.29. The van der Waals surface area contributed by atoms with Gasteiger partial charge >= 0.3 is 25.5 Å². The van der Waals surface area contributed by atoms with Crippen molar-refractivity contribution in [3.05, 3.63) is 73.3 Å². The molecule has 6 heterocycles. The predicted molar refractivity (Wildman–Crippen MR) is 334 cm³/mol. The monoisotopic (exact) mass is 1360 g/mol. The summed E-state index contributed by atoms with van der Waals surface area (Å²) in [5.41, 5.74) is 8.69. The number of nitrogen functional groups attached to an aromatic ring is 2. The number of nitrogens with one attached hydrogen (secondary N) is 2. The highest BCUT2D eigenvalue weighted by molar-refractivity contribution is 8.09. The first kappa shape index (κ1) is 71.8. The first-order valence-electron chi connectivity index (χ1n) is 29.3. The molecule has 0 radical (unpaired) electrons. The Morgan fingerprint density at radius 1 is 0.711 bits per heavy atom. The van der Waals surface area contributed by atoms with Crippen LogP contribution in [0.1, 0.15) is 118 Å². The quantitative estimate of drug-likeness (QED) is 0.0250. The lowest BCUT2D eigenvalue weighted by atomic mass is 9.98. The Morgan fingerprint density at radius 3 is 1.54 bits per heavy atom. The van der Waals surface area contributed by atoms with Crippen LogP contribution in [-0.4, -0.2) is 153 Å². The van der Waals surface area contributed by atoms with Gasteiger partial charge in [0.25, 0.3) is 0 Å². The van der Waals surface area contributed by atoms with E-state index < -0.39 is 99.0 Å². The Balaban J connectivity index is 0.000000211. The van der Waals surface area contributed by atoms with E-state index in [0.29, 0.717) is 30.2 Å². The van der Waals surface area contributed by atoms with Gasteiger partial charge in [0, 0.05) is 11.2 Å². The average Bonchev–Trinajstić information content (AvgIpc) is 1.65. The molecule has 0 amide bonds. The second kappa shape index (κ2) is 31.8. The normalized spacial score (nSPS) is 25.6. The zero-order valence-electron chi connectivity index (χ0n) is 50.4. The number of carbonyl (C=O) groups is 2. The van der Waals surface area contributed by atoms with Crippen LogP contribution in [-0.2, 0) is 62.9 Å². The maximum atomic E-state index is 15.8. The first-order valence-corrected chi connectivity index (χ1v) is 34.4. The van der Waals surface area contributed by atoms with Crippen molar-refractivity contribution < 1.29 is 80.2 Å². The molecule has 34 heteroatoms. The largest absolute Gasteiger partial charge is 2.00 e. The van der Waals surface area contributed by atoms with Gasteiger partial charge in [-0.2, -0.15) is 19.9 Å². The molecule has 9 N–H and O–H groups in total. The Morgan fingerprint density at radius 2 is 1.12 bits per heavy atom. The summed E-state index contributed by atoms with van der Waals surface area (Å²) >= 11 is 11.7. The molecule has 2 aromatic carbocycles. The molecule has 496 valence electrons. The number of aliphatic hydroxyl groups is 3. The summed E-state index contributed by atoms with van der Waals surface area (Å²) < 4.78 is 95.7. The van der Waals surface area contributed by atoms with Crippen molar-refractivity contribution in [3.8, 4) is 23.3 Å². The smallest absolute Gasteiger partial charge is 0.409 e. The zero-order chi connectivity index (χ0) is 64.3. The van der Waals surface area contributed by atoms with Gasteiger partial charge < -0.3 is 82.3 Å². The van der Waals surface area contributed by atoms with Crippen molar-refractivity contribution in [1.29, 1.82) is 0 Å². The number of imidazole rings is 2. The lowest BCUT2D eigenvalue weighted by Crippen LogP contribution is -2.42. The van der Waals surface area contributed by atoms with Crippen LogP contribution in [0.3, 0.4) is 0 Å². The molecule has 2 unspecified atom stereocenters. The molecule has 90 heavy (non-hydrogen) atoms. The fourth-order valence-electron chi connectivity index (χ4n) is 10.4. The number of carbonyl (C=O) groups excluding carboxylic acids is 2. The number of fused-ring (bicyclic) bond motifs is 2. The summed E-state index contributed by atoms with van der Waals surface area (Å²) in [5.74, 6) is 0.0670. The first-order chi connectivity index (χ1) is 42.4. The van der Waals surface area contributed by atoms with Crippen LogP contribution in [0, 0.1) is 0 Å². The molecule has 10 rings (SSSR count). The molecule has 6 aromatic rings. The number of alkyl halides is 2. The van der Waals surface area contributed by atoms with Gasteiger partial charge in [-0.25, -0.2) is 33.5 Å². The van der Waals surface area contributed by atoms with Gasteiger partial charge in [-0.3, -0.25) is 18.7 Å². The van der Waals surface area contributed by atoms with Crippen LogP contribution < -0.4 is 40.2 Å². The Hall–Kier alpha value is -5.66. The Kier molecular flexibility index (Phi) is 25.3. The number of anilines is 2. The minimum absolute atomic E-state index is 0. The van der Waals surface area contributed by atoms with E-state index in [0.717, 1.165) is 57.8 Å². The van der Waals surface area contributed by atoms with E-state index in [1.54, 1.807) is 76.2 Å². The van der Waals surface area contributed by atoms with Crippen LogP contribution in [0.15, 0.2) is 73.3 Å². The number of aromatic nitrogens is 8. The fraction of sp³-hybridized carbons (Fsp3) is 0.571. The minimum atomic E-state index is -3.66. The lowest BCUT2D eigenvalue weighted by molar-refractivity contribution is -0.153. The predicted octanol–water partition coefficient (Wildman–Crippen LogP) is 8.02. The number of para-hydroxylation sites is 2. The number of nitrogens with two attached hydrogens (primary N) is 2. The molecule has 4 fully saturated rings. The number of esters is 2. The van der Waals surface area contributed by atoms with Crippen LogP contribution >= 0.6 is 24.8 Å². The van der Waals surface area contributed by atoms with Crippen molar-refractivity contribution in [2.75, 3.05) is 37.9 Å². The van der Waals surface area contributed by atoms with E-state index >= 15 is 4.39 Å². The highest BCUT2D eigenvalue weighted by Gasteiger charge is 2.56. The Bertz CT molecular complexity index is 3420. The molecular weight excluding hydrogens is 1280 g/mol. The Labute approximate surface area is 535 Å². The van der Waals surface area contributed by atoms with Crippen molar-refractivity contribution in [2.24, 2.45) is 0 Å². The van der Waals surface area contributed by atoms with Crippen LogP contribution in [0.5, 0.6) is 23.3 Å². The highest BCUT2D eigenvalue weighted by Crippen LogP contribution is 2.50. The molecule has 2 saturated carbocycles. The van der Waals surface area contributed by atoms with Crippen molar-refractivity contribution in [2.45, 2.75) is 178 Å². The van der Waals surface area contributed by atoms with E-state index in [2.05, 4.69) is 40.1 Å². The fourth-order valence-corrected chi connectivity index (χ4v) is 14.5. The number of rotatable bonds is 22. The standard InChI is InChI=1S/C28H38FN6O7PS.C15H21ClNO4P.C13H18FN5O4.S/c1-4-38-24-21-23(32-27(30)33-24)35(16-31-21)26-28(3,37)22(29)20(41-26)15-39-43(44,42-19-13-9-6-10-14-19)34-17(2)25(36)40-18-11-7-5-8-12-18;1-12(15(18)20-13-8-4-2-5-9-13)17-22(16,19)21-14-10-6-3-7-11-14;1-3-22-10-7-9(17-12(15)18-10)19(5-16-7)11-13(2,21)8(14)6(4-20)23-11;/h6,9-10,13-14,16-18,20,22,26,37H,4-5,7-8,11-12,15H2,1-3H3,(H,34,44)(H2,30,32,33);3,6-7,10-13H,2,4-5,8-9H2,1H3,(H,17,19);5-6,8,11,20-21H,3-4H2,1-2H3,(H2,15,17,18);/q;;;-2/t17-,20+,22+,26+,28+,43?;12-,22?;6-,8-,11-,13-;/m001./s1. The summed E-state index contributed by atoms with van der Waals surface area (Å²) in [6.07, 6.45) is 3.92. The molecule has 4 aromatic heterocycles. The van der Waals surface area contributed by atoms with E-state index in [4.69, 9.17) is 76.5 Å². The summed E-state index contributed by atoms with van der Waals surface area (Å²) in [6.45, 7) is 1.91. The summed E-state index contributed by atoms with van der Waals surface area (Å²) in [5, 5.41) is 36.4. The van der Waals surface area contributed by atoms with Gasteiger partial charge in [0.05, 0.1) is 39.1 Å². The summed E-state index contributed by atoms with van der Waals surface area (Å²) in [7, 11) is 0. The van der Waals surface area contributed by atoms with E-state index in [1.807, 2.05) is 12.1 Å². The number of halogens is 3. The third-order valence-corrected chi connectivity index (χ3v) is 19.0. The van der Waals surface area contributed by atoms with Gasteiger partial charge in [-0.05, 0) is 129 Å². The maximum Gasteiger partial charge on any atom is 0.409 e. The van der Waals surface area contributed by atoms with Gasteiger partial charge in [-0.1, -0.05) is 49.2 Å². The second-order valence-corrected chi connectivity index (χ2v) is 27.8. The van der Waals surface area contributed by atoms with Crippen LogP contribution in [0.25, 0.3) is 22.3 Å². The number of hydrogen-bond donors (Lipinski definition) is 7. The van der Waals surface area contributed by atoms with Crippen LogP contribution in [0.2, 0.25) is 0 Å². The summed E-state index contributed by atoms with van der Waals surface area (Å²) in [6, 6.07) is 15.6. The molecule has 0 bridgehead atoms. The molecule has 2 saturated heterocycles. The molecule has 0 spiro atoms. The number of ether oxygens (including phenoxy) is 6. The topological polar surface area (TPSA) is 358 Å². The van der Waals surface area contributed by atoms with Crippen LogP contribution in [0.4, 0.5) is 20.7 Å². The third kappa shape index (κ3) is 17.9. The van der Waals surface area contributed by atoms with Crippen molar-refractivity contribution in [3.63, 3.8) is 0 Å². The van der Waals surface area contributed by atoms with E-state index in [9.17, 15) is 33.9 Å². The number of nitrogens with zero attached hydrogens (tertiary/aromatic N) is 8. The molecule has 12 atom stereocenters. The average molecular weight is 1360 g/mol. The molecular formula is C56H77ClF2N12O15P2S2-2. The highest BCUT2D eigenvalue weighted by atomic mass is 35.7. The minimum Gasteiger partial charge on any atom is -2.00 e. The van der Waals surface area contributed by atoms with Gasteiger partial charge in [-0.15, -0.1) is 0 Å². The van der Waals surface area contributed by atoms with Gasteiger partial charge in [0.1, 0.15) is 59.2 Å². The van der Waals surface area contributed by atoms with E-state index in [-0.39, 0.29) is 66.2 Å². The SMILES string of the molecule is CCOc1nc(N)nc2c1ncn2[C@@H]1O[C@H](CO)[C@@H](F)[C@@]1(C)O.CCOc1nc(N)nc2c1ncn2[C@@H]1O[C@H](COP(=S)(N[C@@H](C)C(=O)OC2CCCCC2)Oc2ccccc2)[C@@H](F)[C@@]1(C)O.C[C@H](NP(=O)(Cl)Oc1ccccc1)C(=O)OC1CCCCC1.[S-2]. The maximum absolute atomic E-state index is 15.8. The summed E-state index contributed by atoms with van der Waals surface area (Å²) in [4.78, 5) is 49.7. The number of hydrogen-bond acceptors (Lipinski definition) is 24. The van der Waals surface area contributed by atoms with Crippen molar-refractivity contribution >= 4 is 96.2 Å². The molecule has 27 nitrogen and oxygen atoms in total. The second-order valence-electron chi connectivity index (χ2n) is 22.0. The van der Waals surface area contributed by atoms with E-state index in [1.165, 1.54) is 42.1 Å². The van der Waals surface area contributed by atoms with Crippen molar-refractivity contribution in [1.82, 2.24) is 49.2 Å².